The fraction of sp³-hybridized carbons (Fsp3) is 0.464. The molecule has 2 aromatic carbocycles. The number of carbonyl (C=O) groups is 2. The van der Waals surface area contributed by atoms with Crippen LogP contribution in [0.4, 0.5) is 5.69 Å². The average Bonchev–Trinajstić information content (AvgIpc) is 2.93. The van der Waals surface area contributed by atoms with Crippen LogP contribution < -0.4 is 0 Å². The fourth-order valence-corrected chi connectivity index (χ4v) is 5.82. The summed E-state index contributed by atoms with van der Waals surface area (Å²) in [5, 5.41) is 11.8. The van der Waals surface area contributed by atoms with E-state index in [-0.39, 0.29) is 29.2 Å². The van der Waals surface area contributed by atoms with Crippen LogP contribution in [0.1, 0.15) is 80.1 Å². The molecule has 2 aliphatic carbocycles. The lowest BCUT2D eigenvalue weighted by atomic mass is 9.78. The number of ether oxygens (including phenoxy) is 1. The quantitative estimate of drug-likeness (QED) is 0.194. The first kappa shape index (κ1) is 25.4. The van der Waals surface area contributed by atoms with Gasteiger partial charge in [-0.1, -0.05) is 50.1 Å². The first-order chi connectivity index (χ1) is 17.9. The Morgan fingerprint density at radius 3 is 2.14 bits per heavy atom. The summed E-state index contributed by atoms with van der Waals surface area (Å²) >= 11 is 6.00. The summed E-state index contributed by atoms with van der Waals surface area (Å²) in [4.78, 5) is 45.1. The average molecular weight is 524 g/mol. The van der Waals surface area contributed by atoms with E-state index in [4.69, 9.17) is 21.3 Å². The predicted octanol–water partition coefficient (Wildman–Crippen LogP) is 6.21. The van der Waals surface area contributed by atoms with Gasteiger partial charge in [-0.2, -0.15) is 0 Å². The molecule has 0 spiro atoms. The number of esters is 1. The molecule has 0 N–H and O–H groups in total. The van der Waals surface area contributed by atoms with Gasteiger partial charge in [-0.05, 0) is 62.1 Å². The molecule has 2 saturated carbocycles. The molecule has 1 atom stereocenters. The largest absolute Gasteiger partial charge is 0.432 e. The first-order valence-electron chi connectivity index (χ1n) is 13.1. The van der Waals surface area contributed by atoms with Crippen LogP contribution in [0.5, 0.6) is 0 Å². The summed E-state index contributed by atoms with van der Waals surface area (Å²) in [5.41, 5.74) is -1.23. The summed E-state index contributed by atoms with van der Waals surface area (Å²) < 4.78 is 6.10. The number of hydrogen-bond acceptors (Lipinski definition) is 6. The second-order valence-corrected chi connectivity index (χ2v) is 10.5. The number of benzene rings is 2. The maximum Gasteiger partial charge on any atom is 0.339 e. The molecule has 3 fully saturated rings. The van der Waals surface area contributed by atoms with Crippen molar-refractivity contribution in [3.63, 3.8) is 0 Å². The van der Waals surface area contributed by atoms with Gasteiger partial charge in [-0.3, -0.25) is 24.8 Å². The number of non-ortho nitro benzene ring substituents is 1. The molecule has 8 nitrogen and oxygen atoms in total. The van der Waals surface area contributed by atoms with Crippen LogP contribution in [0.3, 0.4) is 0 Å². The Morgan fingerprint density at radius 1 is 0.946 bits per heavy atom. The number of halogens is 1. The second-order valence-electron chi connectivity index (χ2n) is 10.1. The lowest BCUT2D eigenvalue weighted by Gasteiger charge is -2.52. The van der Waals surface area contributed by atoms with Gasteiger partial charge in [0.1, 0.15) is 0 Å². The van der Waals surface area contributed by atoms with Gasteiger partial charge in [0.2, 0.25) is 0 Å². The van der Waals surface area contributed by atoms with Gasteiger partial charge in [0.15, 0.2) is 5.84 Å². The first-order valence-corrected chi connectivity index (χ1v) is 13.4. The Bertz CT molecular complexity index is 1200. The van der Waals surface area contributed by atoms with Crippen molar-refractivity contribution in [2.24, 2.45) is 4.99 Å². The topological polar surface area (TPSA) is 102 Å². The third kappa shape index (κ3) is 4.87. The molecule has 9 heteroatoms. The molecule has 1 saturated heterocycles. The van der Waals surface area contributed by atoms with Crippen LogP contribution in [0.25, 0.3) is 0 Å². The molecular weight excluding hydrogens is 494 g/mol. The van der Waals surface area contributed by atoms with Crippen molar-refractivity contribution in [1.82, 2.24) is 4.90 Å². The van der Waals surface area contributed by atoms with Crippen molar-refractivity contribution in [2.45, 2.75) is 81.9 Å². The number of aliphatic imine (C=N–C) groups is 1. The van der Waals surface area contributed by atoms with Gasteiger partial charge in [0, 0.05) is 28.8 Å². The van der Waals surface area contributed by atoms with E-state index >= 15 is 0 Å². The van der Waals surface area contributed by atoms with E-state index < -0.39 is 16.5 Å². The van der Waals surface area contributed by atoms with Gasteiger partial charge < -0.3 is 4.74 Å². The number of nitro groups is 1. The highest BCUT2D eigenvalue weighted by atomic mass is 35.5. The van der Waals surface area contributed by atoms with E-state index in [1.807, 2.05) is 0 Å². The van der Waals surface area contributed by atoms with Crippen LogP contribution in [-0.2, 0) is 15.1 Å². The highest BCUT2D eigenvalue weighted by Gasteiger charge is 2.65. The Labute approximate surface area is 220 Å². The summed E-state index contributed by atoms with van der Waals surface area (Å²) in [6, 6.07) is 12.0. The van der Waals surface area contributed by atoms with E-state index in [9.17, 15) is 19.7 Å². The molecule has 37 heavy (non-hydrogen) atoms. The van der Waals surface area contributed by atoms with E-state index in [0.717, 1.165) is 64.2 Å². The van der Waals surface area contributed by atoms with Crippen LogP contribution >= 0.6 is 11.6 Å². The second kappa shape index (κ2) is 10.6. The molecule has 0 radical (unpaired) electrons. The number of rotatable bonds is 6. The van der Waals surface area contributed by atoms with Gasteiger partial charge in [-0.15, -0.1) is 0 Å². The number of likely N-dealkylation sites (tertiary alicyclic amines) is 1. The van der Waals surface area contributed by atoms with Crippen LogP contribution in [0.15, 0.2) is 53.5 Å². The van der Waals surface area contributed by atoms with Crippen molar-refractivity contribution in [1.29, 1.82) is 0 Å². The Hall–Kier alpha value is -3.26. The van der Waals surface area contributed by atoms with E-state index in [0.29, 0.717) is 16.4 Å². The fourth-order valence-electron chi connectivity index (χ4n) is 5.69. The molecule has 2 aromatic rings. The number of hydrogen-bond donors (Lipinski definition) is 0. The van der Waals surface area contributed by atoms with E-state index in [2.05, 4.69) is 0 Å². The minimum Gasteiger partial charge on any atom is -0.432 e. The zero-order chi connectivity index (χ0) is 26.0. The number of amides is 1. The molecule has 0 aromatic heterocycles. The maximum absolute atomic E-state index is 14.1. The van der Waals surface area contributed by atoms with Crippen molar-refractivity contribution >= 4 is 35.0 Å². The molecule has 3 aliphatic rings. The van der Waals surface area contributed by atoms with Gasteiger partial charge >= 0.3 is 5.97 Å². The lowest BCUT2D eigenvalue weighted by Crippen LogP contribution is -2.73. The molecule has 1 aliphatic heterocycles. The van der Waals surface area contributed by atoms with Crippen molar-refractivity contribution in [3.05, 3.63) is 74.8 Å². The molecule has 1 heterocycles. The van der Waals surface area contributed by atoms with Gasteiger partial charge in [0.05, 0.1) is 16.5 Å². The smallest absolute Gasteiger partial charge is 0.339 e. The van der Waals surface area contributed by atoms with Gasteiger partial charge in [-0.25, -0.2) is 4.79 Å². The van der Waals surface area contributed by atoms with Crippen molar-refractivity contribution in [2.75, 3.05) is 0 Å². The maximum atomic E-state index is 14.1. The number of amidine groups is 1. The normalized spacial score (nSPS) is 24.1. The number of nitro benzene ring substituents is 1. The number of nitrogens with zero attached hydrogens (tertiary/aromatic N) is 3. The van der Waals surface area contributed by atoms with Crippen LogP contribution in [0.2, 0.25) is 5.02 Å². The Balaban J connectivity index is 1.60. The molecule has 1 amide bonds. The van der Waals surface area contributed by atoms with Crippen LogP contribution in [-0.4, -0.2) is 39.6 Å². The zero-order valence-corrected chi connectivity index (χ0v) is 21.4. The Kier molecular flexibility index (Phi) is 7.29. The van der Waals surface area contributed by atoms with Crippen molar-refractivity contribution in [3.8, 4) is 0 Å². The highest BCUT2D eigenvalue weighted by Crippen LogP contribution is 2.45. The monoisotopic (exact) mass is 523 g/mol. The van der Waals surface area contributed by atoms with Crippen LogP contribution in [0, 0.1) is 10.1 Å². The minimum absolute atomic E-state index is 0.00370. The molecule has 194 valence electrons. The lowest BCUT2D eigenvalue weighted by molar-refractivity contribution is -0.384. The predicted molar refractivity (Wildman–Crippen MR) is 140 cm³/mol. The molecule has 0 bridgehead atoms. The summed E-state index contributed by atoms with van der Waals surface area (Å²) in [7, 11) is 0. The third-order valence-corrected chi connectivity index (χ3v) is 7.94. The highest BCUT2D eigenvalue weighted by molar-refractivity contribution is 6.30. The zero-order valence-electron chi connectivity index (χ0n) is 20.6. The minimum atomic E-state index is -1.75. The molecule has 1 unspecified atom stereocenters. The molecule has 5 rings (SSSR count). The third-order valence-electron chi connectivity index (χ3n) is 7.69. The summed E-state index contributed by atoms with van der Waals surface area (Å²) in [6.07, 6.45) is 10.0. The number of β-lactam (4-membered cyclic amide) rings is 1. The standard InChI is InChI=1S/C28H30ClN3O5/c29-21-15-11-19(12-16-21)25(33)37-28(20-13-17-24(18-14-20)32(35)36)26(30-22-7-3-1-4-8-22)31(27(28)34)23-9-5-2-6-10-23/h11-18,22-23H,1-10H2. The van der Waals surface area contributed by atoms with Crippen molar-refractivity contribution < 1.29 is 19.2 Å². The van der Waals surface area contributed by atoms with E-state index in [1.54, 1.807) is 29.2 Å². The molecular formula is C28H30ClN3O5. The van der Waals surface area contributed by atoms with Gasteiger partial charge in [0.25, 0.3) is 17.2 Å². The summed E-state index contributed by atoms with van der Waals surface area (Å²) in [6.45, 7) is 0. The summed E-state index contributed by atoms with van der Waals surface area (Å²) in [5.74, 6) is -0.569. The Morgan fingerprint density at radius 2 is 1.54 bits per heavy atom. The van der Waals surface area contributed by atoms with E-state index in [1.165, 1.54) is 24.3 Å². The number of carbonyl (C=O) groups excluding carboxylic acids is 2. The SMILES string of the molecule is O=C(OC1(c2ccc([N+](=O)[O-])cc2)C(=O)N(C2CCCCC2)C1=NC1CCCCC1)c1ccc(Cl)cc1.